The molecule has 30 heavy (non-hydrogen) atoms. The topological polar surface area (TPSA) is 91.4 Å². The molecule has 1 fully saturated rings. The van der Waals surface area contributed by atoms with Gasteiger partial charge in [-0.2, -0.15) is 0 Å². The van der Waals surface area contributed by atoms with Gasteiger partial charge in [0.05, 0.1) is 13.1 Å². The summed E-state index contributed by atoms with van der Waals surface area (Å²) < 4.78 is 0. The van der Waals surface area contributed by atoms with E-state index in [2.05, 4.69) is 40.7 Å². The normalized spacial score (nSPS) is 13.4. The highest BCUT2D eigenvalue weighted by molar-refractivity contribution is 7.15. The van der Waals surface area contributed by atoms with Gasteiger partial charge in [0.15, 0.2) is 5.13 Å². The van der Waals surface area contributed by atoms with E-state index in [0.717, 1.165) is 21.8 Å². The summed E-state index contributed by atoms with van der Waals surface area (Å²) in [4.78, 5) is 42.3. The Kier molecular flexibility index (Phi) is 5.58. The second-order valence-corrected chi connectivity index (χ2v) is 8.20. The van der Waals surface area contributed by atoms with Crippen LogP contribution in [0.15, 0.2) is 54.7 Å². The van der Waals surface area contributed by atoms with E-state index in [0.29, 0.717) is 10.7 Å². The lowest BCUT2D eigenvalue weighted by molar-refractivity contribution is -0.125. The van der Waals surface area contributed by atoms with Crippen molar-refractivity contribution in [1.82, 2.24) is 15.2 Å². The summed E-state index contributed by atoms with van der Waals surface area (Å²) in [6.45, 7) is 2.27. The lowest BCUT2D eigenvalue weighted by atomic mass is 10.1. The minimum absolute atomic E-state index is 0.0268. The fourth-order valence-corrected chi connectivity index (χ4v) is 4.04. The smallest absolute Gasteiger partial charge is 0.324 e. The number of carbonyl (C=O) groups is 3. The van der Waals surface area contributed by atoms with Gasteiger partial charge in [-0.3, -0.25) is 19.8 Å². The molecular formula is C22H20N4O3S. The Morgan fingerprint density at radius 1 is 1.17 bits per heavy atom. The van der Waals surface area contributed by atoms with Crippen LogP contribution < -0.4 is 10.6 Å². The second kappa shape index (κ2) is 8.46. The Labute approximate surface area is 177 Å². The number of aromatic nitrogens is 1. The summed E-state index contributed by atoms with van der Waals surface area (Å²) >= 11 is 1.45. The minimum atomic E-state index is -0.396. The highest BCUT2D eigenvalue weighted by Gasteiger charge is 2.28. The van der Waals surface area contributed by atoms with E-state index < -0.39 is 6.03 Å². The number of hydrogen-bond donors (Lipinski definition) is 2. The van der Waals surface area contributed by atoms with E-state index in [1.807, 2.05) is 6.07 Å². The van der Waals surface area contributed by atoms with Gasteiger partial charge in [-0.05, 0) is 30.2 Å². The first-order valence-corrected chi connectivity index (χ1v) is 10.3. The molecule has 3 aromatic rings. The minimum Gasteiger partial charge on any atom is -0.329 e. The maximum atomic E-state index is 12.5. The summed E-state index contributed by atoms with van der Waals surface area (Å²) in [6.07, 6.45) is 2.55. The van der Waals surface area contributed by atoms with Gasteiger partial charge in [-0.15, -0.1) is 11.3 Å². The first-order chi connectivity index (χ1) is 14.5. The van der Waals surface area contributed by atoms with Crippen molar-refractivity contribution in [2.24, 2.45) is 0 Å². The number of carbonyl (C=O) groups excluding carboxylic acids is 3. The van der Waals surface area contributed by atoms with E-state index in [1.54, 1.807) is 30.5 Å². The van der Waals surface area contributed by atoms with Crippen LogP contribution in [0, 0.1) is 6.92 Å². The summed E-state index contributed by atoms with van der Waals surface area (Å²) in [5.74, 6) is -0.514. The van der Waals surface area contributed by atoms with Crippen molar-refractivity contribution in [2.45, 2.75) is 19.9 Å². The molecule has 1 aliphatic heterocycles. The number of benzene rings is 2. The van der Waals surface area contributed by atoms with Gasteiger partial charge in [-0.25, -0.2) is 9.78 Å². The van der Waals surface area contributed by atoms with Crippen LogP contribution in [0.25, 0.3) is 0 Å². The SMILES string of the molecule is Cc1cccc(Cc2cnc(NC(=O)c3ccc(CN4C(=O)CNC4=O)cc3)s2)c1. The van der Waals surface area contributed by atoms with Gasteiger partial charge >= 0.3 is 6.03 Å². The number of imide groups is 1. The Morgan fingerprint density at radius 3 is 2.67 bits per heavy atom. The van der Waals surface area contributed by atoms with Crippen LogP contribution in [0.2, 0.25) is 0 Å². The van der Waals surface area contributed by atoms with Crippen LogP contribution in [-0.4, -0.2) is 34.3 Å². The molecule has 0 radical (unpaired) electrons. The second-order valence-electron chi connectivity index (χ2n) is 7.09. The highest BCUT2D eigenvalue weighted by atomic mass is 32.1. The maximum Gasteiger partial charge on any atom is 0.324 e. The van der Waals surface area contributed by atoms with E-state index in [-0.39, 0.29) is 24.9 Å². The molecule has 4 amide bonds. The maximum absolute atomic E-state index is 12.5. The quantitative estimate of drug-likeness (QED) is 0.599. The molecule has 4 rings (SSSR count). The fraction of sp³-hybridized carbons (Fsp3) is 0.182. The summed E-state index contributed by atoms with van der Waals surface area (Å²) in [7, 11) is 0. The van der Waals surface area contributed by atoms with Crippen LogP contribution in [-0.2, 0) is 17.8 Å². The number of nitrogens with zero attached hydrogens (tertiary/aromatic N) is 2. The van der Waals surface area contributed by atoms with Gasteiger partial charge in [0.25, 0.3) is 5.91 Å². The zero-order valence-corrected chi connectivity index (χ0v) is 17.2. The zero-order chi connectivity index (χ0) is 21.1. The van der Waals surface area contributed by atoms with Crippen LogP contribution in [0.5, 0.6) is 0 Å². The predicted octanol–water partition coefficient (Wildman–Crippen LogP) is 3.35. The third-order valence-corrected chi connectivity index (χ3v) is 5.64. The van der Waals surface area contributed by atoms with Gasteiger partial charge < -0.3 is 5.32 Å². The fourth-order valence-electron chi connectivity index (χ4n) is 3.20. The monoisotopic (exact) mass is 420 g/mol. The van der Waals surface area contributed by atoms with Crippen molar-refractivity contribution < 1.29 is 14.4 Å². The van der Waals surface area contributed by atoms with Gasteiger partial charge in [0.1, 0.15) is 0 Å². The molecule has 0 unspecified atom stereocenters. The molecule has 1 saturated heterocycles. The molecule has 2 N–H and O–H groups in total. The number of thiazole rings is 1. The summed E-state index contributed by atoms with van der Waals surface area (Å²) in [5, 5.41) is 5.85. The molecule has 0 atom stereocenters. The number of anilines is 1. The van der Waals surface area contributed by atoms with Crippen LogP contribution >= 0.6 is 11.3 Å². The molecule has 0 saturated carbocycles. The molecule has 2 aromatic carbocycles. The Bertz CT molecular complexity index is 1090. The number of rotatable bonds is 6. The molecule has 0 bridgehead atoms. The number of aryl methyl sites for hydroxylation is 1. The zero-order valence-electron chi connectivity index (χ0n) is 16.3. The Morgan fingerprint density at radius 2 is 1.97 bits per heavy atom. The van der Waals surface area contributed by atoms with Crippen molar-refractivity contribution >= 4 is 34.3 Å². The number of amides is 4. The average Bonchev–Trinajstić information content (AvgIpc) is 3.29. The van der Waals surface area contributed by atoms with Crippen molar-refractivity contribution in [1.29, 1.82) is 0 Å². The molecule has 7 nitrogen and oxygen atoms in total. The van der Waals surface area contributed by atoms with Crippen molar-refractivity contribution in [3.63, 3.8) is 0 Å². The van der Waals surface area contributed by atoms with Gasteiger partial charge in [0.2, 0.25) is 5.91 Å². The van der Waals surface area contributed by atoms with E-state index >= 15 is 0 Å². The third-order valence-electron chi connectivity index (χ3n) is 4.73. The first-order valence-electron chi connectivity index (χ1n) is 9.47. The summed E-state index contributed by atoms with van der Waals surface area (Å²) in [5.41, 5.74) is 3.67. The molecular weight excluding hydrogens is 400 g/mol. The molecule has 0 spiro atoms. The molecule has 1 aromatic heterocycles. The van der Waals surface area contributed by atoms with Crippen LogP contribution in [0.3, 0.4) is 0 Å². The largest absolute Gasteiger partial charge is 0.329 e. The van der Waals surface area contributed by atoms with E-state index in [1.165, 1.54) is 22.5 Å². The number of hydrogen-bond acceptors (Lipinski definition) is 5. The third kappa shape index (κ3) is 4.55. The van der Waals surface area contributed by atoms with Crippen LogP contribution in [0.1, 0.15) is 31.9 Å². The lowest BCUT2D eigenvalue weighted by Crippen LogP contribution is -2.30. The number of nitrogens with one attached hydrogen (secondary N) is 2. The van der Waals surface area contributed by atoms with Crippen molar-refractivity contribution in [2.75, 3.05) is 11.9 Å². The molecule has 8 heteroatoms. The first kappa shape index (κ1) is 19.8. The van der Waals surface area contributed by atoms with E-state index in [9.17, 15) is 14.4 Å². The molecule has 0 aliphatic carbocycles. The summed E-state index contributed by atoms with van der Waals surface area (Å²) in [6, 6.07) is 14.7. The number of urea groups is 1. The van der Waals surface area contributed by atoms with Gasteiger partial charge in [-0.1, -0.05) is 42.0 Å². The van der Waals surface area contributed by atoms with E-state index in [4.69, 9.17) is 0 Å². The molecule has 2 heterocycles. The van der Waals surface area contributed by atoms with Gasteiger partial charge in [0, 0.05) is 23.1 Å². The Hall–Kier alpha value is -3.52. The average molecular weight is 420 g/mol. The standard InChI is InChI=1S/C22H20N4O3S/c1-14-3-2-4-16(9-14)10-18-11-23-21(30-18)25-20(28)17-7-5-15(6-8-17)13-26-19(27)12-24-22(26)29/h2-9,11H,10,12-13H2,1H3,(H,24,29)(H,23,25,28). The predicted molar refractivity (Wildman–Crippen MR) is 114 cm³/mol. The lowest BCUT2D eigenvalue weighted by Gasteiger charge is -2.12. The molecule has 152 valence electrons. The highest BCUT2D eigenvalue weighted by Crippen LogP contribution is 2.22. The Balaban J connectivity index is 1.36. The van der Waals surface area contributed by atoms with Crippen LogP contribution in [0.4, 0.5) is 9.93 Å². The van der Waals surface area contributed by atoms with Crippen molar-refractivity contribution in [3.8, 4) is 0 Å². The molecule has 1 aliphatic rings. The van der Waals surface area contributed by atoms with Crippen molar-refractivity contribution in [3.05, 3.63) is 81.9 Å².